The molecule has 2 heterocycles. The number of methoxy groups -OCH3 is 3. The number of rotatable bonds is 7. The zero-order valence-corrected chi connectivity index (χ0v) is 17.6. The summed E-state index contributed by atoms with van der Waals surface area (Å²) in [5.41, 5.74) is 2.51. The molecule has 0 spiro atoms. The van der Waals surface area contributed by atoms with Crippen LogP contribution in [-0.4, -0.2) is 37.1 Å². The number of para-hydroxylation sites is 2. The first kappa shape index (κ1) is 19.7. The summed E-state index contributed by atoms with van der Waals surface area (Å²) >= 11 is 1.55. The zero-order chi connectivity index (χ0) is 21.1. The van der Waals surface area contributed by atoms with Crippen molar-refractivity contribution in [3.05, 3.63) is 70.2 Å². The molecule has 6 nitrogen and oxygen atoms in total. The van der Waals surface area contributed by atoms with Gasteiger partial charge in [0.25, 0.3) is 0 Å². The Balaban J connectivity index is 1.86. The highest BCUT2D eigenvalue weighted by Gasteiger charge is 2.22. The van der Waals surface area contributed by atoms with Crippen LogP contribution in [0.25, 0.3) is 22.7 Å². The van der Waals surface area contributed by atoms with E-state index in [1.165, 1.54) is 21.3 Å². The summed E-state index contributed by atoms with van der Waals surface area (Å²) in [5.74, 6) is 1.56. The fraction of sp³-hybridized carbons (Fsp3) is 0.130. The number of ketones is 1. The van der Waals surface area contributed by atoms with Gasteiger partial charge in [-0.1, -0.05) is 18.2 Å². The van der Waals surface area contributed by atoms with Crippen LogP contribution in [0.3, 0.4) is 0 Å². The molecular weight excluding hydrogens is 400 g/mol. The number of benzene rings is 2. The van der Waals surface area contributed by atoms with Gasteiger partial charge in [-0.05, 0) is 41.8 Å². The first-order valence-corrected chi connectivity index (χ1v) is 10.1. The Bertz CT molecular complexity index is 1170. The summed E-state index contributed by atoms with van der Waals surface area (Å²) in [6.45, 7) is 0. The van der Waals surface area contributed by atoms with Gasteiger partial charge in [-0.15, -0.1) is 11.3 Å². The molecule has 0 saturated heterocycles. The summed E-state index contributed by atoms with van der Waals surface area (Å²) in [5, 5.41) is 1.96. The lowest BCUT2D eigenvalue weighted by atomic mass is 10.0. The number of carbonyl (C=O) groups excluding carboxylic acids is 1. The van der Waals surface area contributed by atoms with Gasteiger partial charge in [-0.3, -0.25) is 4.79 Å². The highest BCUT2D eigenvalue weighted by molar-refractivity contribution is 7.11. The summed E-state index contributed by atoms with van der Waals surface area (Å²) < 4.78 is 16.2. The molecule has 0 atom stereocenters. The van der Waals surface area contributed by atoms with Crippen molar-refractivity contribution in [1.29, 1.82) is 0 Å². The number of imidazole rings is 1. The first-order chi connectivity index (χ1) is 14.6. The van der Waals surface area contributed by atoms with E-state index in [1.54, 1.807) is 23.5 Å². The van der Waals surface area contributed by atoms with Crippen molar-refractivity contribution >= 4 is 39.8 Å². The number of carbonyl (C=O) groups is 1. The smallest absolute Gasteiger partial charge is 0.203 e. The number of aromatic nitrogens is 2. The molecule has 0 aliphatic rings. The molecule has 0 saturated carbocycles. The van der Waals surface area contributed by atoms with Gasteiger partial charge in [0.1, 0.15) is 5.82 Å². The number of H-pyrrole nitrogens is 1. The van der Waals surface area contributed by atoms with E-state index < -0.39 is 0 Å². The van der Waals surface area contributed by atoms with Gasteiger partial charge in [0.15, 0.2) is 17.3 Å². The van der Waals surface area contributed by atoms with E-state index in [1.807, 2.05) is 47.9 Å². The molecular formula is C23H20N2O4S. The fourth-order valence-electron chi connectivity index (χ4n) is 3.21. The second-order valence-electron chi connectivity index (χ2n) is 6.42. The summed E-state index contributed by atoms with van der Waals surface area (Å²) in [6, 6.07) is 14.9. The Morgan fingerprint density at radius 1 is 1.00 bits per heavy atom. The number of fused-ring (bicyclic) bond motifs is 1. The van der Waals surface area contributed by atoms with Crippen LogP contribution in [-0.2, 0) is 0 Å². The van der Waals surface area contributed by atoms with Crippen molar-refractivity contribution in [1.82, 2.24) is 9.97 Å². The van der Waals surface area contributed by atoms with E-state index in [4.69, 9.17) is 14.2 Å². The average Bonchev–Trinajstić information content (AvgIpc) is 3.45. The average molecular weight is 420 g/mol. The van der Waals surface area contributed by atoms with Gasteiger partial charge in [0.05, 0.1) is 37.9 Å². The van der Waals surface area contributed by atoms with Crippen molar-refractivity contribution in [2.75, 3.05) is 21.3 Å². The maximum absolute atomic E-state index is 13.6. The van der Waals surface area contributed by atoms with Crippen molar-refractivity contribution in [3.8, 4) is 17.2 Å². The molecule has 7 heteroatoms. The van der Waals surface area contributed by atoms with Gasteiger partial charge in [0, 0.05) is 10.4 Å². The normalized spacial score (nSPS) is 11.5. The molecule has 0 unspecified atom stereocenters. The molecule has 0 amide bonds. The zero-order valence-electron chi connectivity index (χ0n) is 16.8. The molecule has 152 valence electrons. The number of nitrogens with one attached hydrogen (secondary N) is 1. The minimum atomic E-state index is -0.207. The summed E-state index contributed by atoms with van der Waals surface area (Å²) in [7, 11) is 4.57. The Morgan fingerprint density at radius 2 is 1.73 bits per heavy atom. The van der Waals surface area contributed by atoms with Crippen molar-refractivity contribution in [2.45, 2.75) is 0 Å². The van der Waals surface area contributed by atoms with E-state index >= 15 is 0 Å². The number of hydrogen-bond acceptors (Lipinski definition) is 6. The number of ether oxygens (including phenoxy) is 3. The molecule has 0 bridgehead atoms. The van der Waals surface area contributed by atoms with Crippen LogP contribution >= 0.6 is 11.3 Å². The highest BCUT2D eigenvalue weighted by atomic mass is 32.1. The Labute approximate surface area is 177 Å². The topological polar surface area (TPSA) is 73.4 Å². The first-order valence-electron chi connectivity index (χ1n) is 9.19. The Hall–Kier alpha value is -3.58. The van der Waals surface area contributed by atoms with Gasteiger partial charge in [-0.2, -0.15) is 0 Å². The Morgan fingerprint density at radius 3 is 2.33 bits per heavy atom. The molecule has 0 fully saturated rings. The van der Waals surface area contributed by atoms with Gasteiger partial charge in [0.2, 0.25) is 5.75 Å². The third kappa shape index (κ3) is 3.67. The third-order valence-corrected chi connectivity index (χ3v) is 5.47. The minimum absolute atomic E-state index is 0.207. The maximum atomic E-state index is 13.6. The van der Waals surface area contributed by atoms with E-state index in [0.29, 0.717) is 34.2 Å². The van der Waals surface area contributed by atoms with Crippen LogP contribution < -0.4 is 14.2 Å². The molecule has 0 aliphatic carbocycles. The molecule has 4 rings (SSSR count). The van der Waals surface area contributed by atoms with E-state index in [9.17, 15) is 4.79 Å². The Kier molecular flexibility index (Phi) is 5.54. The molecule has 0 radical (unpaired) electrons. The molecule has 0 aliphatic heterocycles. The lowest BCUT2D eigenvalue weighted by Gasteiger charge is -2.14. The molecule has 2 aromatic carbocycles. The number of Topliss-reactive ketones (excluding diaryl/α,β-unsaturated/α-hetero) is 1. The largest absolute Gasteiger partial charge is 0.493 e. The van der Waals surface area contributed by atoms with E-state index in [-0.39, 0.29) is 5.78 Å². The van der Waals surface area contributed by atoms with Crippen LogP contribution in [0.15, 0.2) is 53.9 Å². The number of thiophene rings is 1. The number of hydrogen-bond donors (Lipinski definition) is 1. The molecule has 1 N–H and O–H groups in total. The van der Waals surface area contributed by atoms with E-state index in [0.717, 1.165) is 15.9 Å². The number of allylic oxidation sites excluding steroid dienone is 1. The predicted molar refractivity (Wildman–Crippen MR) is 119 cm³/mol. The van der Waals surface area contributed by atoms with Crippen molar-refractivity contribution in [2.24, 2.45) is 0 Å². The van der Waals surface area contributed by atoms with Gasteiger partial charge in [-0.25, -0.2) is 4.98 Å². The van der Waals surface area contributed by atoms with Crippen LogP contribution in [0.1, 0.15) is 21.1 Å². The van der Waals surface area contributed by atoms with Crippen LogP contribution in [0.4, 0.5) is 0 Å². The number of aromatic amines is 1. The monoisotopic (exact) mass is 420 g/mol. The number of nitrogens with zero attached hydrogens (tertiary/aromatic N) is 1. The second kappa shape index (κ2) is 8.42. The quantitative estimate of drug-likeness (QED) is 0.334. The van der Waals surface area contributed by atoms with Gasteiger partial charge < -0.3 is 19.2 Å². The standard InChI is InChI=1S/C23H20N2O4S/c1-27-19-11-14(12-20(28-2)22(19)29-3)21(26)16(13-15-7-6-10-30-15)23-24-17-8-4-5-9-18(17)25-23/h4-13H,1-3H3,(H,24,25)/b16-13-. The SMILES string of the molecule is COc1cc(C(=O)/C(=C/c2cccs2)c2nc3ccccc3[nH]2)cc(OC)c1OC. The van der Waals surface area contributed by atoms with E-state index in [2.05, 4.69) is 9.97 Å². The van der Waals surface area contributed by atoms with Crippen LogP contribution in [0.2, 0.25) is 0 Å². The lowest BCUT2D eigenvalue weighted by Crippen LogP contribution is -2.06. The lowest BCUT2D eigenvalue weighted by molar-refractivity contribution is 0.105. The highest BCUT2D eigenvalue weighted by Crippen LogP contribution is 2.39. The summed E-state index contributed by atoms with van der Waals surface area (Å²) in [6.07, 6.45) is 1.84. The van der Waals surface area contributed by atoms with Crippen LogP contribution in [0.5, 0.6) is 17.2 Å². The van der Waals surface area contributed by atoms with Gasteiger partial charge >= 0.3 is 0 Å². The van der Waals surface area contributed by atoms with Crippen molar-refractivity contribution < 1.29 is 19.0 Å². The fourth-order valence-corrected chi connectivity index (χ4v) is 3.86. The molecule has 2 aromatic heterocycles. The van der Waals surface area contributed by atoms with Crippen LogP contribution in [0, 0.1) is 0 Å². The summed E-state index contributed by atoms with van der Waals surface area (Å²) in [4.78, 5) is 22.4. The third-order valence-electron chi connectivity index (χ3n) is 4.65. The second-order valence-corrected chi connectivity index (χ2v) is 7.40. The van der Waals surface area contributed by atoms with Crippen molar-refractivity contribution in [3.63, 3.8) is 0 Å². The molecule has 4 aromatic rings. The minimum Gasteiger partial charge on any atom is -0.493 e. The predicted octanol–water partition coefficient (Wildman–Crippen LogP) is 5.07. The molecule has 30 heavy (non-hydrogen) atoms. The maximum Gasteiger partial charge on any atom is 0.203 e.